The number of anilines is 2. The van der Waals surface area contributed by atoms with Crippen molar-refractivity contribution >= 4 is 17.7 Å². The Morgan fingerprint density at radius 2 is 1.90 bits per heavy atom. The Kier molecular flexibility index (Phi) is 6.05. The number of carbonyl (C=O) groups is 1. The summed E-state index contributed by atoms with van der Waals surface area (Å²) in [5, 5.41) is 7.30. The monoisotopic (exact) mass is 408 g/mol. The predicted octanol–water partition coefficient (Wildman–Crippen LogP) is 4.30. The zero-order valence-corrected chi connectivity index (χ0v) is 18.3. The van der Waals surface area contributed by atoms with E-state index in [-0.39, 0.29) is 6.09 Å². The summed E-state index contributed by atoms with van der Waals surface area (Å²) in [6, 6.07) is 7.99. The van der Waals surface area contributed by atoms with E-state index in [1.54, 1.807) is 29.0 Å². The molecular formula is C22H28N6O2. The van der Waals surface area contributed by atoms with E-state index >= 15 is 0 Å². The van der Waals surface area contributed by atoms with Crippen LogP contribution in [0.3, 0.4) is 0 Å². The van der Waals surface area contributed by atoms with Crippen LogP contribution in [-0.2, 0) is 18.3 Å². The Labute approximate surface area is 176 Å². The molecule has 0 bridgehead atoms. The summed E-state index contributed by atoms with van der Waals surface area (Å²) in [5.74, 6) is 0.511. The van der Waals surface area contributed by atoms with Crippen LogP contribution in [-0.4, -0.2) is 43.4 Å². The van der Waals surface area contributed by atoms with Gasteiger partial charge in [0, 0.05) is 38.6 Å². The molecule has 3 aromatic rings. The highest BCUT2D eigenvalue weighted by molar-refractivity contribution is 5.68. The van der Waals surface area contributed by atoms with E-state index in [0.717, 1.165) is 28.1 Å². The molecule has 2 aromatic heterocycles. The molecule has 0 fully saturated rings. The molecule has 0 aliphatic heterocycles. The van der Waals surface area contributed by atoms with Crippen LogP contribution in [0, 0.1) is 6.92 Å². The third kappa shape index (κ3) is 5.56. The summed E-state index contributed by atoms with van der Waals surface area (Å²) >= 11 is 0. The fourth-order valence-corrected chi connectivity index (χ4v) is 2.86. The second-order valence-corrected chi connectivity index (χ2v) is 8.29. The number of hydrogen-bond donors (Lipinski definition) is 1. The minimum Gasteiger partial charge on any atom is -0.444 e. The van der Waals surface area contributed by atoms with Crippen LogP contribution in [0.4, 0.5) is 16.4 Å². The Bertz CT molecular complexity index is 1020. The summed E-state index contributed by atoms with van der Waals surface area (Å²) in [4.78, 5) is 22.7. The number of nitrogens with one attached hydrogen (secondary N) is 1. The van der Waals surface area contributed by atoms with Gasteiger partial charge in [-0.15, -0.1) is 0 Å². The highest BCUT2D eigenvalue weighted by atomic mass is 16.6. The average molecular weight is 409 g/mol. The van der Waals surface area contributed by atoms with Crippen molar-refractivity contribution < 1.29 is 9.53 Å². The molecule has 1 N–H and O–H groups in total. The van der Waals surface area contributed by atoms with E-state index in [2.05, 4.69) is 20.4 Å². The normalized spacial score (nSPS) is 11.3. The number of aromatic nitrogens is 4. The molecular weight excluding hydrogens is 380 g/mol. The van der Waals surface area contributed by atoms with E-state index < -0.39 is 5.60 Å². The molecule has 0 unspecified atom stereocenters. The molecule has 3 rings (SSSR count). The van der Waals surface area contributed by atoms with Gasteiger partial charge in [-0.25, -0.2) is 14.8 Å². The van der Waals surface area contributed by atoms with Gasteiger partial charge in [-0.05, 0) is 38.8 Å². The first-order valence-electron chi connectivity index (χ1n) is 9.73. The van der Waals surface area contributed by atoms with Crippen LogP contribution in [0.1, 0.15) is 31.9 Å². The highest BCUT2D eigenvalue weighted by Crippen LogP contribution is 2.24. The van der Waals surface area contributed by atoms with Crippen molar-refractivity contribution in [3.05, 3.63) is 54.0 Å². The first kappa shape index (κ1) is 21.3. The molecule has 1 aromatic carbocycles. The largest absolute Gasteiger partial charge is 0.444 e. The second kappa shape index (κ2) is 8.52. The molecule has 0 saturated carbocycles. The summed E-state index contributed by atoms with van der Waals surface area (Å²) in [6.07, 6.45) is 5.03. The van der Waals surface area contributed by atoms with Crippen molar-refractivity contribution in [2.45, 2.75) is 39.8 Å². The molecule has 0 aliphatic rings. The Morgan fingerprint density at radius 3 is 2.50 bits per heavy atom. The van der Waals surface area contributed by atoms with Gasteiger partial charge >= 0.3 is 6.09 Å². The van der Waals surface area contributed by atoms with E-state index in [9.17, 15) is 4.79 Å². The Balaban J connectivity index is 1.72. The van der Waals surface area contributed by atoms with Crippen molar-refractivity contribution in [3.63, 3.8) is 0 Å². The molecule has 30 heavy (non-hydrogen) atoms. The first-order chi connectivity index (χ1) is 14.1. The van der Waals surface area contributed by atoms with Crippen molar-refractivity contribution in [1.82, 2.24) is 24.6 Å². The summed E-state index contributed by atoms with van der Waals surface area (Å²) in [6.45, 7) is 8.01. The van der Waals surface area contributed by atoms with Gasteiger partial charge < -0.3 is 15.0 Å². The van der Waals surface area contributed by atoms with Gasteiger partial charge in [-0.3, -0.25) is 4.68 Å². The summed E-state index contributed by atoms with van der Waals surface area (Å²) in [5.41, 5.74) is 4.13. The zero-order valence-electron chi connectivity index (χ0n) is 18.3. The quantitative estimate of drug-likeness (QED) is 0.678. The van der Waals surface area contributed by atoms with E-state index in [1.165, 1.54) is 0 Å². The van der Waals surface area contributed by atoms with Crippen LogP contribution < -0.4 is 5.32 Å². The number of aryl methyl sites for hydroxylation is 2. The van der Waals surface area contributed by atoms with Crippen molar-refractivity contribution in [2.24, 2.45) is 7.05 Å². The van der Waals surface area contributed by atoms with Gasteiger partial charge in [-0.1, -0.05) is 24.3 Å². The third-order valence-corrected chi connectivity index (χ3v) is 4.29. The van der Waals surface area contributed by atoms with Gasteiger partial charge in [0.2, 0.25) is 5.95 Å². The fraction of sp³-hybridized carbons (Fsp3) is 0.364. The molecule has 158 valence electrons. The highest BCUT2D eigenvalue weighted by Gasteiger charge is 2.19. The molecule has 2 heterocycles. The van der Waals surface area contributed by atoms with Gasteiger partial charge in [0.1, 0.15) is 5.60 Å². The van der Waals surface area contributed by atoms with Crippen LogP contribution in [0.2, 0.25) is 0 Å². The number of benzene rings is 1. The summed E-state index contributed by atoms with van der Waals surface area (Å²) < 4.78 is 7.11. The maximum atomic E-state index is 12.2. The first-order valence-corrected chi connectivity index (χ1v) is 9.73. The Morgan fingerprint density at radius 1 is 1.20 bits per heavy atom. The molecule has 0 atom stereocenters. The lowest BCUT2D eigenvalue weighted by atomic mass is 10.1. The zero-order chi connectivity index (χ0) is 21.9. The van der Waals surface area contributed by atoms with E-state index in [0.29, 0.717) is 12.5 Å². The van der Waals surface area contributed by atoms with E-state index in [4.69, 9.17) is 4.74 Å². The smallest absolute Gasteiger partial charge is 0.410 e. The maximum Gasteiger partial charge on any atom is 0.410 e. The molecule has 1 amide bonds. The van der Waals surface area contributed by atoms with Gasteiger partial charge in [0.15, 0.2) is 0 Å². The molecule has 0 spiro atoms. The number of amides is 1. The third-order valence-electron chi connectivity index (χ3n) is 4.29. The topological polar surface area (TPSA) is 85.2 Å². The Hall–Kier alpha value is -3.42. The molecule has 0 aliphatic carbocycles. The minimum atomic E-state index is -0.513. The van der Waals surface area contributed by atoms with Crippen LogP contribution >= 0.6 is 0 Å². The SMILES string of the molecule is Cc1cnc(Nc2cnn(C)c2)nc1-c1ccc(CN(C)C(=O)OC(C)(C)C)cc1. The fourth-order valence-electron chi connectivity index (χ4n) is 2.86. The summed E-state index contributed by atoms with van der Waals surface area (Å²) in [7, 11) is 3.58. The maximum absolute atomic E-state index is 12.2. The second-order valence-electron chi connectivity index (χ2n) is 8.29. The minimum absolute atomic E-state index is 0.343. The number of hydrogen-bond acceptors (Lipinski definition) is 6. The number of nitrogens with zero attached hydrogens (tertiary/aromatic N) is 5. The van der Waals surface area contributed by atoms with Crippen LogP contribution in [0.25, 0.3) is 11.3 Å². The van der Waals surface area contributed by atoms with E-state index in [1.807, 2.05) is 65.2 Å². The molecule has 8 heteroatoms. The van der Waals surface area contributed by atoms with Gasteiger partial charge in [0.05, 0.1) is 17.6 Å². The lowest BCUT2D eigenvalue weighted by Crippen LogP contribution is -2.33. The average Bonchev–Trinajstić information content (AvgIpc) is 3.07. The van der Waals surface area contributed by atoms with Gasteiger partial charge in [0.25, 0.3) is 0 Å². The molecule has 8 nitrogen and oxygen atoms in total. The number of rotatable bonds is 5. The van der Waals surface area contributed by atoms with Gasteiger partial charge in [-0.2, -0.15) is 5.10 Å². The molecule has 0 radical (unpaired) electrons. The van der Waals surface area contributed by atoms with Crippen molar-refractivity contribution in [1.29, 1.82) is 0 Å². The van der Waals surface area contributed by atoms with Crippen LogP contribution in [0.5, 0.6) is 0 Å². The predicted molar refractivity (Wildman–Crippen MR) is 116 cm³/mol. The standard InChI is InChI=1S/C22H28N6O2/c1-15-11-23-20(25-18-12-24-28(6)14-18)26-19(15)17-9-7-16(8-10-17)13-27(5)21(29)30-22(2,3)4/h7-12,14H,13H2,1-6H3,(H,23,25,26). The van der Waals surface area contributed by atoms with Crippen LogP contribution in [0.15, 0.2) is 42.9 Å². The lowest BCUT2D eigenvalue weighted by molar-refractivity contribution is 0.0285. The van der Waals surface area contributed by atoms with Crippen molar-refractivity contribution in [2.75, 3.05) is 12.4 Å². The van der Waals surface area contributed by atoms with Crippen molar-refractivity contribution in [3.8, 4) is 11.3 Å². The molecule has 0 saturated heterocycles. The number of carbonyl (C=O) groups excluding carboxylic acids is 1. The number of ether oxygens (including phenoxy) is 1. The lowest BCUT2D eigenvalue weighted by Gasteiger charge is -2.24.